The van der Waals surface area contributed by atoms with Gasteiger partial charge in [0, 0.05) is 24.4 Å². The first-order chi connectivity index (χ1) is 13.3. The van der Waals surface area contributed by atoms with Crippen molar-refractivity contribution in [3.05, 3.63) is 61.5 Å². The number of rotatable bonds is 7. The number of benzene rings is 1. The fourth-order valence-corrected chi connectivity index (χ4v) is 4.33. The van der Waals surface area contributed by atoms with Gasteiger partial charge >= 0.3 is 5.97 Å². The van der Waals surface area contributed by atoms with Crippen molar-refractivity contribution in [2.75, 3.05) is 0 Å². The van der Waals surface area contributed by atoms with E-state index in [1.54, 1.807) is 19.1 Å². The number of carbonyl (C=O) groups excluding carboxylic acids is 1. The molecule has 28 heavy (non-hydrogen) atoms. The Hall–Kier alpha value is -2.71. The minimum absolute atomic E-state index is 0.0593. The van der Waals surface area contributed by atoms with Gasteiger partial charge in [-0.1, -0.05) is 23.7 Å². The van der Waals surface area contributed by atoms with Gasteiger partial charge in [0.15, 0.2) is 0 Å². The first-order valence-electron chi connectivity index (χ1n) is 8.56. The molecule has 2 heterocycles. The summed E-state index contributed by atoms with van der Waals surface area (Å²) in [4.78, 5) is 41.0. The lowest BCUT2D eigenvalue weighted by atomic mass is 10.1. The van der Waals surface area contributed by atoms with Crippen molar-refractivity contribution >= 4 is 45.0 Å². The van der Waals surface area contributed by atoms with E-state index < -0.39 is 11.9 Å². The molecule has 0 aliphatic carbocycles. The van der Waals surface area contributed by atoms with Gasteiger partial charge in [-0.05, 0) is 36.6 Å². The third-order valence-electron chi connectivity index (χ3n) is 4.38. The number of amides is 1. The SMILES string of the molecule is Cc1c(C(N)=O)sc2nc(Cc3cccc(Cl)c3)n(CCCC(=O)O)c(=O)c12. The lowest BCUT2D eigenvalue weighted by molar-refractivity contribution is -0.137. The van der Waals surface area contributed by atoms with E-state index in [0.717, 1.165) is 16.9 Å². The highest BCUT2D eigenvalue weighted by Gasteiger charge is 2.20. The summed E-state index contributed by atoms with van der Waals surface area (Å²) in [6.45, 7) is 1.88. The van der Waals surface area contributed by atoms with Crippen LogP contribution in [-0.4, -0.2) is 26.5 Å². The van der Waals surface area contributed by atoms with Gasteiger partial charge in [0.2, 0.25) is 0 Å². The zero-order valence-electron chi connectivity index (χ0n) is 15.1. The van der Waals surface area contributed by atoms with Crippen molar-refractivity contribution < 1.29 is 14.7 Å². The number of aryl methyl sites for hydroxylation is 1. The summed E-state index contributed by atoms with van der Waals surface area (Å²) < 4.78 is 1.48. The molecule has 7 nitrogen and oxygen atoms in total. The first-order valence-corrected chi connectivity index (χ1v) is 9.76. The Morgan fingerprint density at radius 1 is 1.36 bits per heavy atom. The first kappa shape index (κ1) is 20.0. The molecule has 0 radical (unpaired) electrons. The average molecular weight is 420 g/mol. The normalized spacial score (nSPS) is 11.1. The molecule has 0 unspecified atom stereocenters. The lowest BCUT2D eigenvalue weighted by Crippen LogP contribution is -2.26. The average Bonchev–Trinajstić information content (AvgIpc) is 2.94. The number of aliphatic carboxylic acids is 1. The van der Waals surface area contributed by atoms with Crippen LogP contribution < -0.4 is 11.3 Å². The molecular formula is C19H18ClN3O4S. The monoisotopic (exact) mass is 419 g/mol. The molecule has 0 saturated heterocycles. The molecule has 0 fully saturated rings. The summed E-state index contributed by atoms with van der Waals surface area (Å²) in [6.07, 6.45) is 0.578. The Labute approximate surface area is 169 Å². The summed E-state index contributed by atoms with van der Waals surface area (Å²) in [7, 11) is 0. The van der Waals surface area contributed by atoms with Gasteiger partial charge in [0.1, 0.15) is 10.7 Å². The highest BCUT2D eigenvalue weighted by Crippen LogP contribution is 2.27. The molecule has 0 saturated carbocycles. The summed E-state index contributed by atoms with van der Waals surface area (Å²) in [5.74, 6) is -1.04. The van der Waals surface area contributed by atoms with Crippen LogP contribution in [0.2, 0.25) is 5.02 Å². The van der Waals surface area contributed by atoms with E-state index in [2.05, 4.69) is 4.98 Å². The smallest absolute Gasteiger partial charge is 0.303 e. The van der Waals surface area contributed by atoms with Crippen molar-refractivity contribution in [2.24, 2.45) is 5.73 Å². The lowest BCUT2D eigenvalue weighted by Gasteiger charge is -2.12. The summed E-state index contributed by atoms with van der Waals surface area (Å²) in [5.41, 5.74) is 6.49. The Bertz CT molecular complexity index is 1140. The van der Waals surface area contributed by atoms with Crippen molar-refractivity contribution in [1.29, 1.82) is 0 Å². The van der Waals surface area contributed by atoms with Crippen LogP contribution in [0.1, 0.15) is 39.5 Å². The Morgan fingerprint density at radius 2 is 2.11 bits per heavy atom. The molecule has 1 aromatic carbocycles. The second-order valence-electron chi connectivity index (χ2n) is 6.39. The fraction of sp³-hybridized carbons (Fsp3) is 0.263. The Morgan fingerprint density at radius 3 is 2.75 bits per heavy atom. The van der Waals surface area contributed by atoms with Gasteiger partial charge in [-0.3, -0.25) is 19.0 Å². The molecule has 3 rings (SSSR count). The number of aromatic nitrogens is 2. The Kier molecular flexibility index (Phi) is 5.81. The van der Waals surface area contributed by atoms with Gasteiger partial charge in [-0.15, -0.1) is 11.3 Å². The molecule has 3 N–H and O–H groups in total. The van der Waals surface area contributed by atoms with Crippen molar-refractivity contribution in [2.45, 2.75) is 32.7 Å². The minimum Gasteiger partial charge on any atom is -0.481 e. The van der Waals surface area contributed by atoms with E-state index in [1.807, 2.05) is 12.1 Å². The van der Waals surface area contributed by atoms with Gasteiger partial charge < -0.3 is 10.8 Å². The van der Waals surface area contributed by atoms with E-state index >= 15 is 0 Å². The molecular weight excluding hydrogens is 402 g/mol. The summed E-state index contributed by atoms with van der Waals surface area (Å²) >= 11 is 7.14. The van der Waals surface area contributed by atoms with Crippen molar-refractivity contribution in [3.63, 3.8) is 0 Å². The topological polar surface area (TPSA) is 115 Å². The van der Waals surface area contributed by atoms with E-state index in [9.17, 15) is 14.4 Å². The number of nitrogens with zero attached hydrogens (tertiary/aromatic N) is 2. The molecule has 9 heteroatoms. The quantitative estimate of drug-likeness (QED) is 0.610. The fourth-order valence-electron chi connectivity index (χ4n) is 3.08. The van der Waals surface area contributed by atoms with Crippen LogP contribution in [0.25, 0.3) is 10.2 Å². The number of thiophene rings is 1. The van der Waals surface area contributed by atoms with Crippen LogP contribution in [0, 0.1) is 6.92 Å². The number of carboxylic acid groups (broad SMARTS) is 1. The van der Waals surface area contributed by atoms with Crippen molar-refractivity contribution in [3.8, 4) is 0 Å². The van der Waals surface area contributed by atoms with Crippen LogP contribution in [0.15, 0.2) is 29.1 Å². The molecule has 0 atom stereocenters. The second kappa shape index (κ2) is 8.12. The van der Waals surface area contributed by atoms with Crippen LogP contribution >= 0.6 is 22.9 Å². The highest BCUT2D eigenvalue weighted by molar-refractivity contribution is 7.20. The van der Waals surface area contributed by atoms with E-state index in [0.29, 0.717) is 37.9 Å². The predicted molar refractivity (Wildman–Crippen MR) is 108 cm³/mol. The molecule has 0 aliphatic rings. The number of primary amides is 1. The molecule has 3 aromatic rings. The Balaban J connectivity index is 2.14. The third-order valence-corrected chi connectivity index (χ3v) is 5.81. The molecule has 0 bridgehead atoms. The molecule has 0 spiro atoms. The standard InChI is InChI=1S/C19H18ClN3O4S/c1-10-15-18(28-16(10)17(21)26)22-13(9-11-4-2-5-12(20)8-11)23(19(15)27)7-3-6-14(24)25/h2,4-5,8H,3,6-7,9H2,1H3,(H2,21,26)(H,24,25). The summed E-state index contributed by atoms with van der Waals surface area (Å²) in [6, 6.07) is 7.22. The molecule has 0 aliphatic heterocycles. The van der Waals surface area contributed by atoms with Gasteiger partial charge in [0.05, 0.1) is 10.3 Å². The second-order valence-corrected chi connectivity index (χ2v) is 7.82. The summed E-state index contributed by atoms with van der Waals surface area (Å²) in [5, 5.41) is 9.83. The zero-order valence-corrected chi connectivity index (χ0v) is 16.6. The maximum absolute atomic E-state index is 13.1. The van der Waals surface area contributed by atoms with Crippen molar-refractivity contribution in [1.82, 2.24) is 9.55 Å². The third kappa shape index (κ3) is 4.07. The van der Waals surface area contributed by atoms with Crippen LogP contribution in [-0.2, 0) is 17.8 Å². The van der Waals surface area contributed by atoms with E-state index in [4.69, 9.17) is 22.4 Å². The van der Waals surface area contributed by atoms with Crippen LogP contribution in [0.3, 0.4) is 0 Å². The molecule has 2 aromatic heterocycles. The van der Waals surface area contributed by atoms with Gasteiger partial charge in [-0.2, -0.15) is 0 Å². The largest absolute Gasteiger partial charge is 0.481 e. The van der Waals surface area contributed by atoms with Crippen LogP contribution in [0.5, 0.6) is 0 Å². The number of carboxylic acids is 1. The molecule has 1 amide bonds. The molecule has 146 valence electrons. The number of halogens is 1. The van der Waals surface area contributed by atoms with Gasteiger partial charge in [0.25, 0.3) is 11.5 Å². The maximum atomic E-state index is 13.1. The number of fused-ring (bicyclic) bond motifs is 1. The number of carbonyl (C=O) groups is 2. The van der Waals surface area contributed by atoms with Gasteiger partial charge in [-0.25, -0.2) is 4.98 Å². The number of nitrogens with two attached hydrogens (primary N) is 1. The number of hydrogen-bond acceptors (Lipinski definition) is 5. The zero-order chi connectivity index (χ0) is 20.4. The minimum atomic E-state index is -0.929. The van der Waals surface area contributed by atoms with E-state index in [1.165, 1.54) is 4.57 Å². The number of hydrogen-bond donors (Lipinski definition) is 2. The highest BCUT2D eigenvalue weighted by atomic mass is 35.5. The van der Waals surface area contributed by atoms with Crippen LogP contribution in [0.4, 0.5) is 0 Å². The predicted octanol–water partition coefficient (Wildman–Crippen LogP) is 2.97. The van der Waals surface area contributed by atoms with E-state index in [-0.39, 0.29) is 24.9 Å². The maximum Gasteiger partial charge on any atom is 0.303 e.